The smallest absolute Gasteiger partial charge is 0.341 e. The first-order valence-electron chi connectivity index (χ1n) is 8.38. The number of thiophene rings is 1. The van der Waals surface area contributed by atoms with E-state index >= 15 is 0 Å². The highest BCUT2D eigenvalue weighted by Gasteiger charge is 2.29. The van der Waals surface area contributed by atoms with Gasteiger partial charge >= 0.3 is 5.97 Å². The standard InChI is InChI=1S/C19H20ClNO3S/c1-3-24-19(23)16-13-9-8-11(2)10-15(13)25-18(16)21-17(22)12-6-4-5-7-14(12)20/h4-7,11H,3,8-10H2,1-2H3,(H,21,22)/t11-/m0/s1. The number of esters is 1. The molecule has 2 aromatic rings. The van der Waals surface area contributed by atoms with Gasteiger partial charge in [0.1, 0.15) is 5.00 Å². The molecule has 1 atom stereocenters. The van der Waals surface area contributed by atoms with E-state index in [0.29, 0.717) is 33.7 Å². The predicted octanol–water partition coefficient (Wildman–Crippen LogP) is 4.96. The SMILES string of the molecule is CCOC(=O)c1c(NC(=O)c2ccccc2Cl)sc2c1CC[C@H](C)C2. The Hall–Kier alpha value is -1.85. The van der Waals surface area contributed by atoms with Crippen molar-refractivity contribution in [2.45, 2.75) is 33.1 Å². The molecule has 1 amide bonds. The highest BCUT2D eigenvalue weighted by atomic mass is 35.5. The molecule has 25 heavy (non-hydrogen) atoms. The number of fused-ring (bicyclic) bond motifs is 1. The van der Waals surface area contributed by atoms with Crippen LogP contribution in [0.15, 0.2) is 24.3 Å². The van der Waals surface area contributed by atoms with Gasteiger partial charge in [0.05, 0.1) is 22.8 Å². The maximum atomic E-state index is 12.6. The average molecular weight is 378 g/mol. The number of hydrogen-bond donors (Lipinski definition) is 1. The van der Waals surface area contributed by atoms with Gasteiger partial charge < -0.3 is 10.1 Å². The molecule has 0 fully saturated rings. The van der Waals surface area contributed by atoms with Crippen LogP contribution in [-0.2, 0) is 17.6 Å². The van der Waals surface area contributed by atoms with E-state index in [0.717, 1.165) is 29.7 Å². The third kappa shape index (κ3) is 3.72. The quantitative estimate of drug-likeness (QED) is 0.766. The second kappa shape index (κ2) is 7.58. The Kier molecular flexibility index (Phi) is 5.45. The Morgan fingerprint density at radius 2 is 2.12 bits per heavy atom. The van der Waals surface area contributed by atoms with Crippen LogP contribution in [-0.4, -0.2) is 18.5 Å². The fourth-order valence-corrected chi connectivity index (χ4v) is 4.69. The molecule has 0 aliphatic heterocycles. The molecule has 6 heteroatoms. The van der Waals surface area contributed by atoms with E-state index in [2.05, 4.69) is 12.2 Å². The summed E-state index contributed by atoms with van der Waals surface area (Å²) in [5, 5.41) is 3.81. The van der Waals surface area contributed by atoms with Gasteiger partial charge in [-0.25, -0.2) is 4.79 Å². The van der Waals surface area contributed by atoms with Crippen molar-refractivity contribution in [3.05, 3.63) is 50.9 Å². The zero-order valence-electron chi connectivity index (χ0n) is 14.2. The molecule has 0 radical (unpaired) electrons. The number of benzene rings is 1. The van der Waals surface area contributed by atoms with Crippen molar-refractivity contribution in [3.8, 4) is 0 Å². The molecule has 0 saturated heterocycles. The number of halogens is 1. The number of carbonyl (C=O) groups is 2. The normalized spacial score (nSPS) is 16.2. The second-order valence-corrected chi connectivity index (χ2v) is 7.72. The van der Waals surface area contributed by atoms with Gasteiger partial charge in [-0.05, 0) is 49.8 Å². The minimum absolute atomic E-state index is 0.303. The summed E-state index contributed by atoms with van der Waals surface area (Å²) in [7, 11) is 0. The minimum Gasteiger partial charge on any atom is -0.462 e. The van der Waals surface area contributed by atoms with Gasteiger partial charge in [-0.3, -0.25) is 4.79 Å². The molecule has 1 N–H and O–H groups in total. The van der Waals surface area contributed by atoms with Gasteiger partial charge in [-0.15, -0.1) is 11.3 Å². The van der Waals surface area contributed by atoms with Crippen molar-refractivity contribution in [2.75, 3.05) is 11.9 Å². The van der Waals surface area contributed by atoms with Crippen LogP contribution in [0.2, 0.25) is 5.02 Å². The lowest BCUT2D eigenvalue weighted by Gasteiger charge is -2.18. The van der Waals surface area contributed by atoms with Crippen molar-refractivity contribution >= 4 is 39.8 Å². The van der Waals surface area contributed by atoms with Crippen LogP contribution < -0.4 is 5.32 Å². The summed E-state index contributed by atoms with van der Waals surface area (Å²) in [6, 6.07) is 6.86. The monoisotopic (exact) mass is 377 g/mol. The second-order valence-electron chi connectivity index (χ2n) is 6.21. The average Bonchev–Trinajstić information content (AvgIpc) is 2.92. The van der Waals surface area contributed by atoms with E-state index in [-0.39, 0.29) is 11.9 Å². The zero-order valence-corrected chi connectivity index (χ0v) is 15.8. The Labute approximate surface area is 156 Å². The molecule has 132 valence electrons. The summed E-state index contributed by atoms with van der Waals surface area (Å²) >= 11 is 7.58. The summed E-state index contributed by atoms with van der Waals surface area (Å²) in [5.74, 6) is -0.111. The Morgan fingerprint density at radius 3 is 2.84 bits per heavy atom. The van der Waals surface area contributed by atoms with E-state index in [9.17, 15) is 9.59 Å². The molecule has 0 saturated carbocycles. The lowest BCUT2D eigenvalue weighted by Crippen LogP contribution is -2.17. The summed E-state index contributed by atoms with van der Waals surface area (Å²) in [4.78, 5) is 26.2. The molecule has 1 aromatic carbocycles. The third-order valence-electron chi connectivity index (χ3n) is 4.34. The fraction of sp³-hybridized carbons (Fsp3) is 0.368. The van der Waals surface area contributed by atoms with E-state index in [4.69, 9.17) is 16.3 Å². The molecule has 1 aliphatic rings. The van der Waals surface area contributed by atoms with E-state index < -0.39 is 0 Å². The first kappa shape index (κ1) is 18.0. The highest BCUT2D eigenvalue weighted by molar-refractivity contribution is 7.17. The topological polar surface area (TPSA) is 55.4 Å². The summed E-state index contributed by atoms with van der Waals surface area (Å²) in [6.45, 7) is 4.28. The van der Waals surface area contributed by atoms with Gasteiger partial charge in [-0.1, -0.05) is 30.7 Å². The predicted molar refractivity (Wildman–Crippen MR) is 101 cm³/mol. The third-order valence-corrected chi connectivity index (χ3v) is 5.84. The summed E-state index contributed by atoms with van der Waals surface area (Å²) in [6.07, 6.45) is 2.80. The first-order valence-corrected chi connectivity index (χ1v) is 9.58. The van der Waals surface area contributed by atoms with Crippen molar-refractivity contribution in [2.24, 2.45) is 5.92 Å². The molecule has 1 aliphatic carbocycles. The summed E-state index contributed by atoms with van der Waals surface area (Å²) < 4.78 is 5.22. The van der Waals surface area contributed by atoms with Crippen LogP contribution in [0.25, 0.3) is 0 Å². The molecule has 1 heterocycles. The van der Waals surface area contributed by atoms with Gasteiger partial charge in [0.15, 0.2) is 0 Å². The van der Waals surface area contributed by atoms with Crippen LogP contribution in [0.5, 0.6) is 0 Å². The van der Waals surface area contributed by atoms with Gasteiger partial charge in [-0.2, -0.15) is 0 Å². The maximum absolute atomic E-state index is 12.6. The lowest BCUT2D eigenvalue weighted by molar-refractivity contribution is 0.0526. The largest absolute Gasteiger partial charge is 0.462 e. The number of anilines is 1. The number of hydrogen-bond acceptors (Lipinski definition) is 4. The van der Waals surface area contributed by atoms with Gasteiger partial charge in [0.25, 0.3) is 5.91 Å². The number of rotatable bonds is 4. The molecular formula is C19H20ClNO3S. The fourth-order valence-electron chi connectivity index (χ4n) is 3.07. The molecule has 1 aromatic heterocycles. The molecule has 0 unspecified atom stereocenters. The number of ether oxygens (including phenoxy) is 1. The molecular weight excluding hydrogens is 358 g/mol. The Bertz CT molecular complexity index is 815. The number of carbonyl (C=O) groups excluding carboxylic acids is 2. The minimum atomic E-state index is -0.371. The van der Waals surface area contributed by atoms with Gasteiger partial charge in [0.2, 0.25) is 0 Å². The van der Waals surface area contributed by atoms with Gasteiger partial charge in [0, 0.05) is 4.88 Å². The first-order chi connectivity index (χ1) is 12.0. The van der Waals surface area contributed by atoms with Crippen LogP contribution in [0.1, 0.15) is 51.4 Å². The van der Waals surface area contributed by atoms with Crippen LogP contribution in [0, 0.1) is 5.92 Å². The lowest BCUT2D eigenvalue weighted by atomic mass is 9.88. The Morgan fingerprint density at radius 1 is 1.36 bits per heavy atom. The van der Waals surface area contributed by atoms with E-state index in [1.54, 1.807) is 31.2 Å². The summed E-state index contributed by atoms with van der Waals surface area (Å²) in [5.41, 5.74) is 1.92. The van der Waals surface area contributed by atoms with Crippen LogP contribution in [0.3, 0.4) is 0 Å². The molecule has 3 rings (SSSR count). The maximum Gasteiger partial charge on any atom is 0.341 e. The Balaban J connectivity index is 1.96. The molecule has 0 bridgehead atoms. The molecule has 0 spiro atoms. The van der Waals surface area contributed by atoms with Crippen molar-refractivity contribution in [1.29, 1.82) is 0 Å². The zero-order chi connectivity index (χ0) is 18.0. The number of nitrogens with one attached hydrogen (secondary N) is 1. The van der Waals surface area contributed by atoms with Crippen molar-refractivity contribution in [3.63, 3.8) is 0 Å². The van der Waals surface area contributed by atoms with Crippen LogP contribution in [0.4, 0.5) is 5.00 Å². The van der Waals surface area contributed by atoms with E-state index in [1.165, 1.54) is 11.3 Å². The van der Waals surface area contributed by atoms with Crippen molar-refractivity contribution < 1.29 is 14.3 Å². The number of amides is 1. The van der Waals surface area contributed by atoms with Crippen LogP contribution >= 0.6 is 22.9 Å². The molecule has 4 nitrogen and oxygen atoms in total. The van der Waals surface area contributed by atoms with Crippen molar-refractivity contribution in [1.82, 2.24) is 0 Å². The highest BCUT2D eigenvalue weighted by Crippen LogP contribution is 2.40. The van der Waals surface area contributed by atoms with E-state index in [1.807, 2.05) is 0 Å².